The standard InChI is InChI=1S/C50H57F3N4O9Si/c1-10-22-57(23-11-2)41-34-25-32-24-33-36(64-50(51,52)53)26-35(54-37(58)27-56(6)7)43(62-28-30-18-14-12-15-19-30)39(33)42(59)38(32)45(60)49(34,66-67(8,9)48(3,4)5)46(61)40-44(41)65-55-47(40)63-29-31-20-16-13-17-21-31/h10-21,26,32,34,41,59H,1-2,22-25,27-29H2,3-9H3,(H,54,58)/t32-,34-,41-,49-/m0/s1. The van der Waals surface area contributed by atoms with Gasteiger partial charge in [0.2, 0.25) is 17.5 Å². The van der Waals surface area contributed by atoms with Crippen LogP contribution >= 0.6 is 0 Å². The van der Waals surface area contributed by atoms with Gasteiger partial charge < -0.3 is 38.5 Å². The Morgan fingerprint density at radius 2 is 1.55 bits per heavy atom. The molecule has 0 radical (unpaired) electrons. The van der Waals surface area contributed by atoms with Crippen LogP contribution in [0.4, 0.5) is 18.9 Å². The molecular weight excluding hydrogens is 886 g/mol. The van der Waals surface area contributed by atoms with Crippen LogP contribution in [0.1, 0.15) is 71.6 Å². The number of nitrogens with zero attached hydrogens (tertiary/aromatic N) is 3. The highest BCUT2D eigenvalue weighted by Gasteiger charge is 2.69. The van der Waals surface area contributed by atoms with E-state index in [1.165, 1.54) is 0 Å². The molecule has 7 rings (SSSR count). The SMILES string of the molecule is C=CCN(CC=C)[C@@H]1c2onc(OCc3ccccc3)c2C(=O)[C@@]2(O[Si](C)(C)C(C)(C)C)C(=O)C3=C(O)c4c(c(OC(F)(F)F)cc(NC(=O)CN(C)C)c4OCc4ccccc4)C[C@H]3C[C@@H]12. The van der Waals surface area contributed by atoms with Crippen LogP contribution in [0.2, 0.25) is 18.1 Å². The number of amides is 1. The number of ether oxygens (including phenoxy) is 3. The van der Waals surface area contributed by atoms with Crippen LogP contribution in [-0.4, -0.2) is 91.5 Å². The minimum atomic E-state index is -5.21. The molecule has 2 N–H and O–H groups in total. The minimum absolute atomic E-state index is 0.000554. The van der Waals surface area contributed by atoms with E-state index < -0.39 is 72.2 Å². The number of likely N-dealkylation sites (N-methyl/N-ethyl adjacent to an activating group) is 1. The third-order valence-electron chi connectivity index (χ3n) is 13.0. The van der Waals surface area contributed by atoms with Crippen LogP contribution in [0.5, 0.6) is 17.4 Å². The third kappa shape index (κ3) is 9.60. The summed E-state index contributed by atoms with van der Waals surface area (Å²) in [5, 5.41) is 19.2. The quantitative estimate of drug-likeness (QED) is 0.0589. The summed E-state index contributed by atoms with van der Waals surface area (Å²) in [6, 6.07) is 18.2. The molecule has 0 spiro atoms. The van der Waals surface area contributed by atoms with E-state index in [0.717, 1.165) is 11.6 Å². The van der Waals surface area contributed by atoms with Crippen molar-refractivity contribution in [3.05, 3.63) is 131 Å². The zero-order valence-corrected chi connectivity index (χ0v) is 39.8. The van der Waals surface area contributed by atoms with Gasteiger partial charge >= 0.3 is 6.36 Å². The number of aliphatic hydroxyl groups excluding tert-OH is 1. The molecule has 356 valence electrons. The number of benzene rings is 3. The number of ketones is 2. The number of aliphatic hydroxyl groups is 1. The lowest BCUT2D eigenvalue weighted by Gasteiger charge is -2.55. The summed E-state index contributed by atoms with van der Waals surface area (Å²) < 4.78 is 73.9. The fourth-order valence-corrected chi connectivity index (χ4v) is 10.5. The first-order valence-electron chi connectivity index (χ1n) is 22.0. The minimum Gasteiger partial charge on any atom is -0.507 e. The number of Topliss-reactive ketones (excluding diaryl/α,β-unsaturated/α-hetero) is 2. The van der Waals surface area contributed by atoms with E-state index in [0.29, 0.717) is 5.56 Å². The van der Waals surface area contributed by atoms with Crippen molar-refractivity contribution in [2.45, 2.75) is 83.0 Å². The van der Waals surface area contributed by atoms with Crippen molar-refractivity contribution in [3.8, 4) is 17.4 Å². The van der Waals surface area contributed by atoms with Gasteiger partial charge in [0.1, 0.15) is 30.3 Å². The highest BCUT2D eigenvalue weighted by molar-refractivity contribution is 6.74. The second kappa shape index (κ2) is 18.9. The number of hydrogen-bond donors (Lipinski definition) is 2. The van der Waals surface area contributed by atoms with Gasteiger partial charge in [0.25, 0.3) is 5.88 Å². The van der Waals surface area contributed by atoms with Crippen LogP contribution in [-0.2, 0) is 33.6 Å². The summed E-state index contributed by atoms with van der Waals surface area (Å²) in [4.78, 5) is 49.0. The molecule has 17 heteroatoms. The summed E-state index contributed by atoms with van der Waals surface area (Å²) >= 11 is 0. The average Bonchev–Trinajstić information content (AvgIpc) is 3.67. The molecule has 0 saturated heterocycles. The molecule has 3 aliphatic carbocycles. The first kappa shape index (κ1) is 48.9. The lowest BCUT2D eigenvalue weighted by atomic mass is 9.57. The summed E-state index contributed by atoms with van der Waals surface area (Å²) in [5.74, 6) is -6.00. The van der Waals surface area contributed by atoms with Gasteiger partial charge in [-0.3, -0.25) is 19.3 Å². The maximum absolute atomic E-state index is 16.2. The molecule has 3 aromatic carbocycles. The molecule has 1 aromatic heterocycles. The number of aromatic nitrogens is 1. The van der Waals surface area contributed by atoms with Crippen LogP contribution in [0.25, 0.3) is 5.76 Å². The number of carbonyl (C=O) groups is 3. The van der Waals surface area contributed by atoms with E-state index in [2.05, 4.69) is 28.4 Å². The molecule has 4 aromatic rings. The first-order chi connectivity index (χ1) is 31.6. The highest BCUT2D eigenvalue weighted by Crippen LogP contribution is 2.60. The number of rotatable bonds is 17. The van der Waals surface area contributed by atoms with Gasteiger partial charge in [-0.1, -0.05) is 93.6 Å². The molecular formula is C50H57F3N4O9Si. The van der Waals surface area contributed by atoms with Crippen molar-refractivity contribution in [3.63, 3.8) is 0 Å². The van der Waals surface area contributed by atoms with Gasteiger partial charge in [-0.05, 0) is 67.3 Å². The maximum Gasteiger partial charge on any atom is 0.573 e. The number of alkyl halides is 3. The number of nitrogens with one attached hydrogen (secondary N) is 1. The monoisotopic (exact) mass is 942 g/mol. The van der Waals surface area contributed by atoms with E-state index in [9.17, 15) is 23.1 Å². The predicted octanol–water partition coefficient (Wildman–Crippen LogP) is 9.63. The summed E-state index contributed by atoms with van der Waals surface area (Å²) in [6.07, 6.45) is -2.23. The largest absolute Gasteiger partial charge is 0.573 e. The Kier molecular flexibility index (Phi) is 13.8. The van der Waals surface area contributed by atoms with Gasteiger partial charge in [-0.15, -0.1) is 26.3 Å². The van der Waals surface area contributed by atoms with E-state index in [1.807, 2.05) is 69.1 Å². The Morgan fingerprint density at radius 1 is 0.955 bits per heavy atom. The van der Waals surface area contributed by atoms with Crippen molar-refractivity contribution in [1.82, 2.24) is 15.0 Å². The van der Waals surface area contributed by atoms with Crippen molar-refractivity contribution in [2.75, 3.05) is 39.0 Å². The Balaban J connectivity index is 1.50. The molecule has 3 aliphatic rings. The molecule has 4 atom stereocenters. The fourth-order valence-electron chi connectivity index (χ4n) is 9.10. The van der Waals surface area contributed by atoms with Gasteiger partial charge in [0, 0.05) is 36.2 Å². The normalized spacial score (nSPS) is 20.4. The van der Waals surface area contributed by atoms with Gasteiger partial charge in [0.05, 0.1) is 23.8 Å². The van der Waals surface area contributed by atoms with Gasteiger partial charge in [0.15, 0.2) is 25.4 Å². The van der Waals surface area contributed by atoms with E-state index in [1.54, 1.807) is 61.5 Å². The summed E-state index contributed by atoms with van der Waals surface area (Å²) in [6.45, 7) is 17.8. The highest BCUT2D eigenvalue weighted by atomic mass is 28.4. The number of fused-ring (bicyclic) bond motifs is 4. The zero-order valence-electron chi connectivity index (χ0n) is 38.8. The predicted molar refractivity (Wildman–Crippen MR) is 248 cm³/mol. The molecule has 0 bridgehead atoms. The maximum atomic E-state index is 16.2. The van der Waals surface area contributed by atoms with Crippen molar-refractivity contribution < 1.29 is 55.8 Å². The van der Waals surface area contributed by atoms with Crippen LogP contribution in [0.3, 0.4) is 0 Å². The van der Waals surface area contributed by atoms with Gasteiger partial charge in [-0.25, -0.2) is 0 Å². The number of anilines is 1. The number of carbonyl (C=O) groups excluding carboxylic acids is 3. The lowest BCUT2D eigenvalue weighted by molar-refractivity contribution is -0.275. The number of hydrogen-bond acceptors (Lipinski definition) is 12. The van der Waals surface area contributed by atoms with Crippen LogP contribution in [0.15, 0.2) is 102 Å². The zero-order chi connectivity index (χ0) is 48.6. The Hall–Kier alpha value is -6.01. The smallest absolute Gasteiger partial charge is 0.507 e. The van der Waals surface area contributed by atoms with E-state index in [-0.39, 0.29) is 91.0 Å². The topological polar surface area (TPSA) is 153 Å². The Morgan fingerprint density at radius 3 is 2.10 bits per heavy atom. The molecule has 0 aliphatic heterocycles. The molecule has 67 heavy (non-hydrogen) atoms. The van der Waals surface area contributed by atoms with Crippen molar-refractivity contribution in [1.29, 1.82) is 0 Å². The molecule has 1 amide bonds. The lowest BCUT2D eigenvalue weighted by Crippen LogP contribution is -2.68. The van der Waals surface area contributed by atoms with Gasteiger partial charge in [-0.2, -0.15) is 0 Å². The fraction of sp³-hybridized carbons (Fsp3) is 0.400. The molecule has 13 nitrogen and oxygen atoms in total. The Labute approximate surface area is 389 Å². The summed E-state index contributed by atoms with van der Waals surface area (Å²) in [7, 11) is 0.0949. The van der Waals surface area contributed by atoms with E-state index >= 15 is 9.59 Å². The van der Waals surface area contributed by atoms with Crippen molar-refractivity contribution >= 4 is 37.2 Å². The van der Waals surface area contributed by atoms with Crippen LogP contribution < -0.4 is 19.5 Å². The number of halogens is 3. The molecule has 1 saturated carbocycles. The summed E-state index contributed by atoms with van der Waals surface area (Å²) in [5.41, 5.74) is -1.91. The molecule has 0 unspecified atom stereocenters. The third-order valence-corrected chi connectivity index (χ3v) is 17.4. The first-order valence-corrected chi connectivity index (χ1v) is 24.9. The van der Waals surface area contributed by atoms with Crippen LogP contribution in [0, 0.1) is 11.8 Å². The second-order valence-corrected chi connectivity index (χ2v) is 23.7. The molecule has 1 fully saturated rings. The average molecular weight is 943 g/mol. The molecule has 1 heterocycles. The van der Waals surface area contributed by atoms with Crippen molar-refractivity contribution in [2.24, 2.45) is 11.8 Å². The van der Waals surface area contributed by atoms with E-state index in [4.69, 9.17) is 18.4 Å². The second-order valence-electron chi connectivity index (χ2n) is 19.0. The Bertz CT molecular complexity index is 2560.